The lowest BCUT2D eigenvalue weighted by Crippen LogP contribution is -2.13. The predicted molar refractivity (Wildman–Crippen MR) is 29.1 cm³/mol. The summed E-state index contributed by atoms with van der Waals surface area (Å²) in [6.45, 7) is 0. The highest BCUT2D eigenvalue weighted by Crippen LogP contribution is 2.33. The van der Waals surface area contributed by atoms with Crippen molar-refractivity contribution in [1.82, 2.24) is 0 Å². The number of hydrogen-bond donors (Lipinski definition) is 1. The minimum absolute atomic E-state index is 0.842. The zero-order valence-electron chi connectivity index (χ0n) is 5.24. The van der Waals surface area contributed by atoms with Gasteiger partial charge in [-0.05, 0) is 0 Å². The number of hydrogen-bond acceptors (Lipinski definition) is 1. The van der Waals surface area contributed by atoms with Gasteiger partial charge in [-0.1, -0.05) is 0 Å². The summed E-state index contributed by atoms with van der Waals surface area (Å²) in [5, 5.41) is 8.52. The van der Waals surface area contributed by atoms with E-state index < -0.39 is 35.8 Å². The summed E-state index contributed by atoms with van der Waals surface area (Å²) in [5.41, 5.74) is 0. The van der Waals surface area contributed by atoms with Gasteiger partial charge in [-0.3, -0.25) is 0 Å². The predicted octanol–water partition coefficient (Wildman–Crippen LogP) is 2.05. The summed E-state index contributed by atoms with van der Waals surface area (Å²) in [6.07, 6.45) is -2.74. The van der Waals surface area contributed by atoms with Crippen molar-refractivity contribution in [3.8, 4) is 0 Å². The molecular formula is C6H4F4O. The van der Waals surface area contributed by atoms with Gasteiger partial charge in [0.1, 0.15) is 11.9 Å². The number of rotatable bonds is 0. The van der Waals surface area contributed by atoms with Crippen LogP contribution in [0, 0.1) is 0 Å². The van der Waals surface area contributed by atoms with Crippen LogP contribution in [-0.2, 0) is 0 Å². The first-order valence-corrected chi connectivity index (χ1v) is 2.81. The molecule has 0 amide bonds. The second kappa shape index (κ2) is 2.65. The molecule has 1 atom stereocenters. The van der Waals surface area contributed by atoms with E-state index in [0.717, 1.165) is 0 Å². The Kier molecular flexibility index (Phi) is 1.99. The Hall–Kier alpha value is -0.840. The lowest BCUT2D eigenvalue weighted by Gasteiger charge is -2.12. The van der Waals surface area contributed by atoms with Gasteiger partial charge < -0.3 is 5.11 Å². The highest BCUT2D eigenvalue weighted by atomic mass is 19.2. The van der Waals surface area contributed by atoms with E-state index in [2.05, 4.69) is 0 Å². The molecule has 0 unspecified atom stereocenters. The van der Waals surface area contributed by atoms with E-state index in [9.17, 15) is 17.6 Å². The van der Waals surface area contributed by atoms with Gasteiger partial charge in [0, 0.05) is 6.42 Å². The molecular weight excluding hydrogens is 164 g/mol. The van der Waals surface area contributed by atoms with Crippen molar-refractivity contribution in [2.24, 2.45) is 0 Å². The van der Waals surface area contributed by atoms with Crippen LogP contribution < -0.4 is 0 Å². The van der Waals surface area contributed by atoms with E-state index in [1.807, 2.05) is 0 Å². The minimum atomic E-state index is -1.94. The molecule has 11 heavy (non-hydrogen) atoms. The molecule has 0 radical (unpaired) electrons. The van der Waals surface area contributed by atoms with Crippen molar-refractivity contribution in [3.05, 3.63) is 23.3 Å². The summed E-state index contributed by atoms with van der Waals surface area (Å²) in [4.78, 5) is 0. The first-order valence-electron chi connectivity index (χ1n) is 2.81. The second-order valence-corrected chi connectivity index (χ2v) is 2.10. The molecule has 0 fully saturated rings. The lowest BCUT2D eigenvalue weighted by molar-refractivity contribution is 0.160. The molecule has 1 N–H and O–H groups in total. The molecule has 0 aromatic rings. The van der Waals surface area contributed by atoms with Crippen molar-refractivity contribution < 1.29 is 22.7 Å². The van der Waals surface area contributed by atoms with Crippen molar-refractivity contribution in [2.45, 2.75) is 12.5 Å². The van der Waals surface area contributed by atoms with Crippen LogP contribution in [0.25, 0.3) is 0 Å². The third-order valence-electron chi connectivity index (χ3n) is 1.31. The van der Waals surface area contributed by atoms with E-state index in [1.54, 1.807) is 0 Å². The molecule has 0 aromatic heterocycles. The van der Waals surface area contributed by atoms with Gasteiger partial charge in [-0.15, -0.1) is 0 Å². The van der Waals surface area contributed by atoms with Crippen molar-refractivity contribution in [1.29, 1.82) is 0 Å². The zero-order chi connectivity index (χ0) is 8.59. The normalized spacial score (nSPS) is 26.5. The first-order chi connectivity index (χ1) is 5.04. The van der Waals surface area contributed by atoms with Crippen LogP contribution in [0.5, 0.6) is 0 Å². The van der Waals surface area contributed by atoms with Gasteiger partial charge in [0.2, 0.25) is 0 Å². The highest BCUT2D eigenvalue weighted by molar-refractivity contribution is 5.31. The number of halogens is 4. The fourth-order valence-electron chi connectivity index (χ4n) is 0.719. The van der Waals surface area contributed by atoms with Gasteiger partial charge in [0.25, 0.3) is 0 Å². The number of aliphatic hydroxyl groups is 1. The summed E-state index contributed by atoms with van der Waals surface area (Å²) in [6, 6.07) is 0. The topological polar surface area (TPSA) is 20.2 Å². The Morgan fingerprint density at radius 3 is 2.18 bits per heavy atom. The van der Waals surface area contributed by atoms with E-state index >= 15 is 0 Å². The summed E-state index contributed by atoms with van der Waals surface area (Å²) in [7, 11) is 0. The molecule has 62 valence electrons. The van der Waals surface area contributed by atoms with E-state index in [1.165, 1.54) is 0 Å². The maximum Gasteiger partial charge on any atom is 0.195 e. The average Bonchev–Trinajstić information content (AvgIpc) is 1.97. The molecule has 0 saturated carbocycles. The Labute approximate surface area is 59.6 Å². The van der Waals surface area contributed by atoms with E-state index in [-0.39, 0.29) is 0 Å². The molecule has 0 aromatic carbocycles. The summed E-state index contributed by atoms with van der Waals surface area (Å²) in [5.74, 6) is -6.91. The maximum absolute atomic E-state index is 12.2. The third-order valence-corrected chi connectivity index (χ3v) is 1.31. The highest BCUT2D eigenvalue weighted by Gasteiger charge is 2.29. The van der Waals surface area contributed by atoms with Crippen LogP contribution >= 0.6 is 0 Å². The fourth-order valence-corrected chi connectivity index (χ4v) is 0.719. The lowest BCUT2D eigenvalue weighted by atomic mass is 10.1. The minimum Gasteiger partial charge on any atom is -0.385 e. The van der Waals surface area contributed by atoms with Gasteiger partial charge >= 0.3 is 0 Å². The largest absolute Gasteiger partial charge is 0.385 e. The summed E-state index contributed by atoms with van der Waals surface area (Å²) >= 11 is 0. The molecule has 1 nitrogen and oxygen atoms in total. The SMILES string of the molecule is O[C@H]1CC(F)=C(F)C(F)=C1F. The number of allylic oxidation sites excluding steroid dienone is 2. The van der Waals surface area contributed by atoms with Crippen LogP contribution in [0.1, 0.15) is 6.42 Å². The zero-order valence-corrected chi connectivity index (χ0v) is 5.24. The molecule has 0 spiro atoms. The Morgan fingerprint density at radius 1 is 1.09 bits per heavy atom. The van der Waals surface area contributed by atoms with Crippen molar-refractivity contribution in [2.75, 3.05) is 0 Å². The molecule has 5 heteroatoms. The summed E-state index contributed by atoms with van der Waals surface area (Å²) < 4.78 is 48.6. The van der Waals surface area contributed by atoms with Gasteiger partial charge in [0.15, 0.2) is 17.5 Å². The van der Waals surface area contributed by atoms with Crippen molar-refractivity contribution >= 4 is 0 Å². The monoisotopic (exact) mass is 168 g/mol. The van der Waals surface area contributed by atoms with Crippen LogP contribution in [-0.4, -0.2) is 11.2 Å². The third kappa shape index (κ3) is 1.28. The number of aliphatic hydroxyl groups excluding tert-OH is 1. The Bertz CT molecular complexity index is 243. The van der Waals surface area contributed by atoms with Gasteiger partial charge in [-0.2, -0.15) is 0 Å². The smallest absolute Gasteiger partial charge is 0.195 e. The Morgan fingerprint density at radius 2 is 1.64 bits per heavy atom. The van der Waals surface area contributed by atoms with Gasteiger partial charge in [0.05, 0.1) is 0 Å². The van der Waals surface area contributed by atoms with Crippen LogP contribution in [0.4, 0.5) is 17.6 Å². The quantitative estimate of drug-likeness (QED) is 0.549. The van der Waals surface area contributed by atoms with Crippen molar-refractivity contribution in [3.63, 3.8) is 0 Å². The van der Waals surface area contributed by atoms with Gasteiger partial charge in [-0.25, -0.2) is 17.6 Å². The molecule has 0 heterocycles. The van der Waals surface area contributed by atoms with E-state index in [0.29, 0.717) is 0 Å². The molecule has 0 aliphatic heterocycles. The average molecular weight is 168 g/mol. The molecule has 0 saturated heterocycles. The Balaban J connectivity index is 3.07. The van der Waals surface area contributed by atoms with Crippen LogP contribution in [0.3, 0.4) is 0 Å². The van der Waals surface area contributed by atoms with E-state index in [4.69, 9.17) is 5.11 Å². The maximum atomic E-state index is 12.2. The van der Waals surface area contributed by atoms with Crippen LogP contribution in [0.2, 0.25) is 0 Å². The molecule has 0 bridgehead atoms. The molecule has 1 rings (SSSR count). The second-order valence-electron chi connectivity index (χ2n) is 2.10. The molecule has 1 aliphatic carbocycles. The molecule has 1 aliphatic rings. The fraction of sp³-hybridized carbons (Fsp3) is 0.333. The first kappa shape index (κ1) is 8.26. The standard InChI is InChI=1S/C6H4F4O/c7-2-1-3(11)5(9)6(10)4(2)8/h3,11H,1H2/t3-/m0/s1. The van der Waals surface area contributed by atoms with Crippen LogP contribution in [0.15, 0.2) is 23.3 Å².